The van der Waals surface area contributed by atoms with Crippen molar-refractivity contribution in [3.8, 4) is 0 Å². The summed E-state index contributed by atoms with van der Waals surface area (Å²) in [6.07, 6.45) is 11.7. The number of aliphatic imine (C=N–C) groups is 2. The highest BCUT2D eigenvalue weighted by molar-refractivity contribution is 5.92. The summed E-state index contributed by atoms with van der Waals surface area (Å²) in [5.41, 5.74) is 1.36. The van der Waals surface area contributed by atoms with Crippen LogP contribution < -0.4 is 0 Å². The molecule has 0 aromatic rings. The van der Waals surface area contributed by atoms with Crippen molar-refractivity contribution in [2.75, 3.05) is 6.54 Å². The fourth-order valence-corrected chi connectivity index (χ4v) is 2.45. The molecule has 1 aliphatic carbocycles. The Morgan fingerprint density at radius 2 is 2.31 bits per heavy atom. The Labute approximate surface area is 77.8 Å². The van der Waals surface area contributed by atoms with Crippen molar-refractivity contribution in [1.29, 1.82) is 0 Å². The highest BCUT2D eigenvalue weighted by Gasteiger charge is 2.36. The molecule has 0 radical (unpaired) electrons. The molecule has 0 saturated heterocycles. The topological polar surface area (TPSA) is 24.7 Å². The summed E-state index contributed by atoms with van der Waals surface area (Å²) in [4.78, 5) is 9.09. The van der Waals surface area contributed by atoms with Crippen LogP contribution >= 0.6 is 0 Å². The summed E-state index contributed by atoms with van der Waals surface area (Å²) < 4.78 is 0. The summed E-state index contributed by atoms with van der Waals surface area (Å²) in [6.45, 7) is 0.970. The zero-order valence-corrected chi connectivity index (χ0v) is 7.43. The van der Waals surface area contributed by atoms with Gasteiger partial charge in [0.15, 0.2) is 0 Å². The van der Waals surface area contributed by atoms with Crippen LogP contribution in [0.4, 0.5) is 0 Å². The van der Waals surface area contributed by atoms with E-state index in [4.69, 9.17) is 0 Å². The molecule has 2 heterocycles. The lowest BCUT2D eigenvalue weighted by Crippen LogP contribution is -2.30. The molecule has 2 aliphatic heterocycles. The van der Waals surface area contributed by atoms with Gasteiger partial charge < -0.3 is 0 Å². The fraction of sp³-hybridized carbons (Fsp3) is 0.455. The van der Waals surface area contributed by atoms with Crippen molar-refractivity contribution < 1.29 is 0 Å². The first-order valence-electron chi connectivity index (χ1n) is 4.85. The van der Waals surface area contributed by atoms with E-state index >= 15 is 0 Å². The molecule has 3 unspecified atom stereocenters. The van der Waals surface area contributed by atoms with Crippen molar-refractivity contribution in [3.63, 3.8) is 0 Å². The van der Waals surface area contributed by atoms with Crippen LogP contribution in [0.15, 0.2) is 34.3 Å². The van der Waals surface area contributed by atoms with Crippen molar-refractivity contribution >= 4 is 11.9 Å². The average Bonchev–Trinajstić information content (AvgIpc) is 2.44. The van der Waals surface area contributed by atoms with Crippen molar-refractivity contribution in [1.82, 2.24) is 0 Å². The molecule has 66 valence electrons. The number of hydrogen-bond donors (Lipinski definition) is 0. The molecule has 0 fully saturated rings. The van der Waals surface area contributed by atoms with Crippen LogP contribution in [-0.2, 0) is 0 Å². The van der Waals surface area contributed by atoms with Gasteiger partial charge in [-0.05, 0) is 6.08 Å². The normalized spacial score (nSPS) is 40.0. The molecule has 0 bridgehead atoms. The minimum atomic E-state index is 0.356. The maximum Gasteiger partial charge on any atom is 0.0766 e. The van der Waals surface area contributed by atoms with Crippen LogP contribution in [0.2, 0.25) is 0 Å². The van der Waals surface area contributed by atoms with Crippen LogP contribution in [0.25, 0.3) is 0 Å². The molecule has 0 spiro atoms. The maximum atomic E-state index is 4.58. The van der Waals surface area contributed by atoms with Gasteiger partial charge in [0, 0.05) is 36.7 Å². The van der Waals surface area contributed by atoms with E-state index in [1.54, 1.807) is 0 Å². The first kappa shape index (κ1) is 7.25. The lowest BCUT2D eigenvalue weighted by Gasteiger charge is -2.24. The van der Waals surface area contributed by atoms with Crippen molar-refractivity contribution in [2.45, 2.75) is 12.5 Å². The SMILES string of the molecule is C1=CC2CN=C3CC=CC(N=C1)C32. The first-order chi connectivity index (χ1) is 6.45. The van der Waals surface area contributed by atoms with E-state index in [9.17, 15) is 0 Å². The molecule has 2 nitrogen and oxygen atoms in total. The zero-order valence-electron chi connectivity index (χ0n) is 7.43. The number of rotatable bonds is 0. The minimum Gasteiger partial charge on any atom is -0.293 e. The highest BCUT2D eigenvalue weighted by Crippen LogP contribution is 2.33. The minimum absolute atomic E-state index is 0.356. The number of nitrogens with zero attached hydrogens (tertiary/aromatic N) is 2. The highest BCUT2D eigenvalue weighted by atomic mass is 14.9. The number of hydrogen-bond acceptors (Lipinski definition) is 2. The van der Waals surface area contributed by atoms with E-state index in [-0.39, 0.29) is 0 Å². The first-order valence-corrected chi connectivity index (χ1v) is 4.85. The Morgan fingerprint density at radius 3 is 3.31 bits per heavy atom. The second-order valence-electron chi connectivity index (χ2n) is 3.83. The predicted octanol–water partition coefficient (Wildman–Crippen LogP) is 1.64. The Hall–Kier alpha value is -1.18. The van der Waals surface area contributed by atoms with E-state index in [0.717, 1.165) is 13.0 Å². The number of allylic oxidation sites excluding steroid dienone is 2. The Bertz CT molecular complexity index is 336. The van der Waals surface area contributed by atoms with Crippen LogP contribution in [0, 0.1) is 11.8 Å². The van der Waals surface area contributed by atoms with Gasteiger partial charge in [0.05, 0.1) is 6.04 Å². The lowest BCUT2D eigenvalue weighted by atomic mass is 9.81. The average molecular weight is 172 g/mol. The molecule has 3 rings (SSSR count). The molecular formula is C11H12N2. The fourth-order valence-electron chi connectivity index (χ4n) is 2.45. The standard InChI is InChI=1S/C11H12N2/c1-4-9-11-8(3-2-6-12-9)7-13-10(11)5-1/h1-4,6,8-9,11H,5,7H2. The lowest BCUT2D eigenvalue weighted by molar-refractivity contribution is 0.500. The molecule has 2 heteroatoms. The third kappa shape index (κ3) is 1.01. The van der Waals surface area contributed by atoms with E-state index in [0.29, 0.717) is 17.9 Å². The Morgan fingerprint density at radius 1 is 1.31 bits per heavy atom. The van der Waals surface area contributed by atoms with E-state index in [1.165, 1.54) is 5.71 Å². The van der Waals surface area contributed by atoms with Gasteiger partial charge in [-0.15, -0.1) is 0 Å². The largest absolute Gasteiger partial charge is 0.293 e. The van der Waals surface area contributed by atoms with Gasteiger partial charge in [0.2, 0.25) is 0 Å². The Kier molecular flexibility index (Phi) is 1.48. The quantitative estimate of drug-likeness (QED) is 0.496. The summed E-state index contributed by atoms with van der Waals surface area (Å²) in [6, 6.07) is 0.356. The Balaban J connectivity index is 2.06. The molecule has 3 atom stereocenters. The van der Waals surface area contributed by atoms with Gasteiger partial charge in [-0.2, -0.15) is 0 Å². The zero-order chi connectivity index (χ0) is 8.67. The predicted molar refractivity (Wildman–Crippen MR) is 54.5 cm³/mol. The third-order valence-electron chi connectivity index (χ3n) is 3.08. The molecular weight excluding hydrogens is 160 g/mol. The molecule has 0 N–H and O–H groups in total. The van der Waals surface area contributed by atoms with Gasteiger partial charge >= 0.3 is 0 Å². The molecule has 13 heavy (non-hydrogen) atoms. The second-order valence-corrected chi connectivity index (χ2v) is 3.83. The molecule has 3 aliphatic rings. The maximum absolute atomic E-state index is 4.58. The van der Waals surface area contributed by atoms with Crippen molar-refractivity contribution in [3.05, 3.63) is 24.3 Å². The van der Waals surface area contributed by atoms with Gasteiger partial charge in [0.1, 0.15) is 0 Å². The van der Waals surface area contributed by atoms with Gasteiger partial charge in [-0.3, -0.25) is 9.98 Å². The third-order valence-corrected chi connectivity index (χ3v) is 3.08. The smallest absolute Gasteiger partial charge is 0.0766 e. The van der Waals surface area contributed by atoms with E-state index < -0.39 is 0 Å². The summed E-state index contributed by atoms with van der Waals surface area (Å²) in [7, 11) is 0. The molecule has 0 saturated carbocycles. The van der Waals surface area contributed by atoms with Crippen LogP contribution in [-0.4, -0.2) is 24.5 Å². The summed E-state index contributed by atoms with van der Waals surface area (Å²) in [5.74, 6) is 1.17. The van der Waals surface area contributed by atoms with E-state index in [2.05, 4.69) is 34.3 Å². The molecule has 0 amide bonds. The monoisotopic (exact) mass is 172 g/mol. The summed E-state index contributed by atoms with van der Waals surface area (Å²) >= 11 is 0. The van der Waals surface area contributed by atoms with Crippen LogP contribution in [0.3, 0.4) is 0 Å². The van der Waals surface area contributed by atoms with Crippen LogP contribution in [0.5, 0.6) is 0 Å². The molecule has 0 aromatic heterocycles. The van der Waals surface area contributed by atoms with Crippen LogP contribution in [0.1, 0.15) is 6.42 Å². The second kappa shape index (κ2) is 2.66. The van der Waals surface area contributed by atoms with Gasteiger partial charge in [-0.1, -0.05) is 18.2 Å². The van der Waals surface area contributed by atoms with Gasteiger partial charge in [-0.25, -0.2) is 0 Å². The van der Waals surface area contributed by atoms with Crippen molar-refractivity contribution in [2.24, 2.45) is 21.8 Å². The summed E-state index contributed by atoms with van der Waals surface area (Å²) in [5, 5.41) is 0. The van der Waals surface area contributed by atoms with Gasteiger partial charge in [0.25, 0.3) is 0 Å². The van der Waals surface area contributed by atoms with E-state index in [1.807, 2.05) is 6.21 Å². The molecule has 0 aromatic carbocycles.